The average Bonchev–Trinajstić information content (AvgIpc) is 2.47. The highest BCUT2D eigenvalue weighted by Crippen LogP contribution is 2.38. The number of rotatable bonds is 0. The molecule has 0 aromatic heterocycles. The van der Waals surface area contributed by atoms with Gasteiger partial charge in [-0.05, 0) is 29.5 Å². The summed E-state index contributed by atoms with van der Waals surface area (Å²) < 4.78 is 5.46. The van der Waals surface area contributed by atoms with Gasteiger partial charge in [-0.3, -0.25) is 0 Å². The van der Waals surface area contributed by atoms with Crippen molar-refractivity contribution < 1.29 is 9.84 Å². The molecule has 0 spiro atoms. The molecule has 1 N–H and O–H groups in total. The summed E-state index contributed by atoms with van der Waals surface area (Å²) in [5.74, 6) is 0.871. The van der Waals surface area contributed by atoms with Crippen LogP contribution >= 0.6 is 0 Å². The molecular weight excluding hydrogens is 188 g/mol. The molecule has 0 radical (unpaired) electrons. The summed E-state index contributed by atoms with van der Waals surface area (Å²) in [6.45, 7) is 8.96. The van der Waals surface area contributed by atoms with Crippen LogP contribution in [0.15, 0.2) is 12.1 Å². The van der Waals surface area contributed by atoms with Gasteiger partial charge in [0.05, 0.1) is 0 Å². The maximum absolute atomic E-state index is 9.77. The second-order valence-corrected chi connectivity index (χ2v) is 5.29. The topological polar surface area (TPSA) is 29.5 Å². The van der Waals surface area contributed by atoms with Crippen LogP contribution in [0.3, 0.4) is 0 Å². The Kier molecular flexibility index (Phi) is 2.27. The molecule has 0 saturated carbocycles. The van der Waals surface area contributed by atoms with E-state index in [0.29, 0.717) is 6.61 Å². The fourth-order valence-electron chi connectivity index (χ4n) is 1.93. The van der Waals surface area contributed by atoms with E-state index in [1.54, 1.807) is 0 Å². The quantitative estimate of drug-likeness (QED) is 0.707. The van der Waals surface area contributed by atoms with Crippen LogP contribution < -0.4 is 4.74 Å². The van der Waals surface area contributed by atoms with E-state index >= 15 is 0 Å². The number of ether oxygens (including phenoxy) is 1. The predicted molar refractivity (Wildman–Crippen MR) is 60.3 cm³/mol. The summed E-state index contributed by atoms with van der Waals surface area (Å²) in [6, 6.07) is 4.22. The molecule has 0 saturated heterocycles. The van der Waals surface area contributed by atoms with E-state index in [2.05, 4.69) is 32.9 Å². The van der Waals surface area contributed by atoms with E-state index in [9.17, 15) is 5.11 Å². The van der Waals surface area contributed by atoms with Gasteiger partial charge >= 0.3 is 0 Å². The van der Waals surface area contributed by atoms with Crippen molar-refractivity contribution in [1.82, 2.24) is 0 Å². The fourth-order valence-corrected chi connectivity index (χ4v) is 1.93. The van der Waals surface area contributed by atoms with E-state index in [1.807, 2.05) is 6.92 Å². The maximum atomic E-state index is 9.77. The standard InChI is InChI=1S/C13H18O2/c1-8-5-9(13(2,3)4)6-10-11(14)7-15-12(8)10/h5-6,11,14H,7H2,1-4H3. The van der Waals surface area contributed by atoms with Crippen LogP contribution in [-0.2, 0) is 5.41 Å². The molecule has 2 heteroatoms. The van der Waals surface area contributed by atoms with Gasteiger partial charge in [0.2, 0.25) is 0 Å². The summed E-state index contributed by atoms with van der Waals surface area (Å²) >= 11 is 0. The average molecular weight is 206 g/mol. The molecule has 1 aromatic carbocycles. The molecule has 0 fully saturated rings. The molecule has 0 aliphatic carbocycles. The van der Waals surface area contributed by atoms with E-state index < -0.39 is 6.10 Å². The number of aryl methyl sites for hydroxylation is 1. The molecule has 2 rings (SSSR count). The molecule has 1 aliphatic heterocycles. The fraction of sp³-hybridized carbons (Fsp3) is 0.538. The van der Waals surface area contributed by atoms with E-state index in [-0.39, 0.29) is 5.41 Å². The summed E-state index contributed by atoms with van der Waals surface area (Å²) in [4.78, 5) is 0. The lowest BCUT2D eigenvalue weighted by atomic mass is 9.84. The number of aliphatic hydroxyl groups excluding tert-OH is 1. The molecule has 1 atom stereocenters. The zero-order valence-electron chi connectivity index (χ0n) is 9.79. The first-order valence-corrected chi connectivity index (χ1v) is 5.35. The molecule has 1 unspecified atom stereocenters. The number of aliphatic hydroxyl groups is 1. The largest absolute Gasteiger partial charge is 0.490 e. The number of hydrogen-bond donors (Lipinski definition) is 1. The van der Waals surface area contributed by atoms with Gasteiger partial charge in [-0.15, -0.1) is 0 Å². The van der Waals surface area contributed by atoms with Crippen molar-refractivity contribution in [1.29, 1.82) is 0 Å². The third kappa shape index (κ3) is 1.74. The van der Waals surface area contributed by atoms with Crippen LogP contribution in [0.25, 0.3) is 0 Å². The Balaban J connectivity index is 2.56. The Morgan fingerprint density at radius 3 is 2.60 bits per heavy atom. The molecule has 1 heterocycles. The third-order valence-corrected chi connectivity index (χ3v) is 2.91. The maximum Gasteiger partial charge on any atom is 0.128 e. The number of fused-ring (bicyclic) bond motifs is 1. The Hall–Kier alpha value is -1.02. The first-order valence-electron chi connectivity index (χ1n) is 5.35. The Bertz CT molecular complexity index is 388. The zero-order valence-corrected chi connectivity index (χ0v) is 9.79. The van der Waals surface area contributed by atoms with Crippen molar-refractivity contribution in [2.24, 2.45) is 0 Å². The lowest BCUT2D eigenvalue weighted by Crippen LogP contribution is -2.12. The van der Waals surface area contributed by atoms with Gasteiger partial charge in [-0.25, -0.2) is 0 Å². The SMILES string of the molecule is Cc1cc(C(C)(C)C)cc2c1OCC2O. The summed E-state index contributed by atoms with van der Waals surface area (Å²) in [5, 5.41) is 9.77. The first kappa shape index (κ1) is 10.5. The van der Waals surface area contributed by atoms with Crippen LogP contribution in [0.4, 0.5) is 0 Å². The number of hydrogen-bond acceptors (Lipinski definition) is 2. The Labute approximate surface area is 90.9 Å². The predicted octanol–water partition coefficient (Wildman–Crippen LogP) is 2.72. The van der Waals surface area contributed by atoms with Crippen molar-refractivity contribution in [3.05, 3.63) is 28.8 Å². The minimum Gasteiger partial charge on any atom is -0.490 e. The normalized spacial score (nSPS) is 19.9. The molecule has 2 nitrogen and oxygen atoms in total. The monoisotopic (exact) mass is 206 g/mol. The van der Waals surface area contributed by atoms with Crippen LogP contribution in [0.1, 0.15) is 43.6 Å². The smallest absolute Gasteiger partial charge is 0.128 e. The van der Waals surface area contributed by atoms with Gasteiger partial charge < -0.3 is 9.84 Å². The zero-order chi connectivity index (χ0) is 11.2. The molecule has 82 valence electrons. The Morgan fingerprint density at radius 2 is 2.00 bits per heavy atom. The van der Waals surface area contributed by atoms with Crippen molar-refractivity contribution >= 4 is 0 Å². The van der Waals surface area contributed by atoms with Crippen LogP contribution in [-0.4, -0.2) is 11.7 Å². The van der Waals surface area contributed by atoms with Crippen molar-refractivity contribution in [3.8, 4) is 5.75 Å². The van der Waals surface area contributed by atoms with Gasteiger partial charge in [0.15, 0.2) is 0 Å². The van der Waals surface area contributed by atoms with Gasteiger partial charge in [-0.1, -0.05) is 26.8 Å². The molecule has 0 amide bonds. The van der Waals surface area contributed by atoms with Gasteiger partial charge in [0.25, 0.3) is 0 Å². The molecular formula is C13H18O2. The first-order chi connectivity index (χ1) is 6.89. The second kappa shape index (κ2) is 3.24. The highest BCUT2D eigenvalue weighted by Gasteiger charge is 2.26. The van der Waals surface area contributed by atoms with E-state index in [4.69, 9.17) is 4.74 Å². The van der Waals surface area contributed by atoms with Gasteiger partial charge in [-0.2, -0.15) is 0 Å². The molecule has 1 aromatic rings. The lowest BCUT2D eigenvalue weighted by Gasteiger charge is -2.21. The van der Waals surface area contributed by atoms with Crippen LogP contribution in [0.2, 0.25) is 0 Å². The highest BCUT2D eigenvalue weighted by molar-refractivity contribution is 5.49. The third-order valence-electron chi connectivity index (χ3n) is 2.91. The number of benzene rings is 1. The summed E-state index contributed by atoms with van der Waals surface area (Å²) in [7, 11) is 0. The van der Waals surface area contributed by atoms with Crippen molar-refractivity contribution in [2.75, 3.05) is 6.61 Å². The van der Waals surface area contributed by atoms with Gasteiger partial charge in [0.1, 0.15) is 18.5 Å². The minimum absolute atomic E-state index is 0.113. The Morgan fingerprint density at radius 1 is 1.33 bits per heavy atom. The minimum atomic E-state index is -0.457. The van der Waals surface area contributed by atoms with Gasteiger partial charge in [0, 0.05) is 5.56 Å². The van der Waals surface area contributed by atoms with Crippen molar-refractivity contribution in [3.63, 3.8) is 0 Å². The van der Waals surface area contributed by atoms with E-state index in [1.165, 1.54) is 5.56 Å². The van der Waals surface area contributed by atoms with Crippen LogP contribution in [0.5, 0.6) is 5.75 Å². The summed E-state index contributed by atoms with van der Waals surface area (Å²) in [6.07, 6.45) is -0.457. The highest BCUT2D eigenvalue weighted by atomic mass is 16.5. The van der Waals surface area contributed by atoms with Crippen molar-refractivity contribution in [2.45, 2.75) is 39.2 Å². The second-order valence-electron chi connectivity index (χ2n) is 5.29. The molecule has 1 aliphatic rings. The molecule has 15 heavy (non-hydrogen) atoms. The van der Waals surface area contributed by atoms with Crippen LogP contribution in [0, 0.1) is 6.92 Å². The lowest BCUT2D eigenvalue weighted by molar-refractivity contribution is 0.140. The molecule has 0 bridgehead atoms. The summed E-state index contributed by atoms with van der Waals surface area (Å²) in [5.41, 5.74) is 3.43. The van der Waals surface area contributed by atoms with E-state index in [0.717, 1.165) is 16.9 Å².